The molecule has 262 valence electrons. The van der Waals surface area contributed by atoms with Crippen LogP contribution in [0.25, 0.3) is 0 Å². The first-order chi connectivity index (χ1) is 22.1. The Bertz CT molecular complexity index is 1270. The van der Waals surface area contributed by atoms with Crippen LogP contribution in [-0.4, -0.2) is 57.0 Å². The number of amides is 2. The lowest BCUT2D eigenvalue weighted by Crippen LogP contribution is -2.58. The van der Waals surface area contributed by atoms with Gasteiger partial charge in [0.15, 0.2) is 11.6 Å². The highest BCUT2D eigenvalue weighted by Crippen LogP contribution is 2.63. The number of halogens is 4. The lowest BCUT2D eigenvalue weighted by Gasteiger charge is -2.33. The number of ether oxygens (including phenoxy) is 1. The van der Waals surface area contributed by atoms with E-state index in [1.807, 2.05) is 29.0 Å². The predicted molar refractivity (Wildman–Crippen MR) is 178 cm³/mol. The van der Waals surface area contributed by atoms with E-state index in [0.29, 0.717) is 23.6 Å². The van der Waals surface area contributed by atoms with Gasteiger partial charge < -0.3 is 20.7 Å². The summed E-state index contributed by atoms with van der Waals surface area (Å²) in [5.41, 5.74) is 4.32. The SMILES string of the molecule is C=CCCCCCCC(=O)N1CCCC1C(=O)NC1(C2(NSC3(C)CC3)CC2)CC1C=C.CC1(N)C=CC(F)=C(OC(F)(F)F)C=C1. The Morgan fingerprint density at radius 2 is 1.79 bits per heavy atom. The van der Waals surface area contributed by atoms with Crippen molar-refractivity contribution in [3.05, 3.63) is 61.2 Å². The minimum absolute atomic E-state index is 0.0172. The number of carbonyl (C=O) groups excluding carboxylic acids is 2. The molecule has 0 bridgehead atoms. The van der Waals surface area contributed by atoms with Gasteiger partial charge in [-0.2, -0.15) is 0 Å². The molecule has 7 nitrogen and oxygen atoms in total. The Hall–Kier alpha value is -2.57. The number of hydrogen-bond acceptors (Lipinski definition) is 6. The fourth-order valence-electron chi connectivity index (χ4n) is 6.29. The molecule has 0 aromatic rings. The molecule has 47 heavy (non-hydrogen) atoms. The first kappa shape index (κ1) is 37.3. The van der Waals surface area contributed by atoms with Crippen molar-refractivity contribution in [3.63, 3.8) is 0 Å². The third-order valence-corrected chi connectivity index (χ3v) is 11.2. The molecule has 0 spiro atoms. The van der Waals surface area contributed by atoms with Crippen molar-refractivity contribution in [2.45, 2.75) is 131 Å². The van der Waals surface area contributed by atoms with E-state index in [1.54, 1.807) is 0 Å². The molecule has 12 heteroatoms. The molecule has 4 N–H and O–H groups in total. The van der Waals surface area contributed by atoms with Gasteiger partial charge in [-0.1, -0.05) is 49.1 Å². The van der Waals surface area contributed by atoms with Crippen LogP contribution < -0.4 is 15.8 Å². The van der Waals surface area contributed by atoms with Crippen molar-refractivity contribution in [2.75, 3.05) is 6.54 Å². The van der Waals surface area contributed by atoms with Crippen LogP contribution in [0.4, 0.5) is 17.6 Å². The van der Waals surface area contributed by atoms with Gasteiger partial charge in [-0.05, 0) is 90.2 Å². The summed E-state index contributed by atoms with van der Waals surface area (Å²) in [6.07, 6.45) is 16.4. The molecule has 0 aromatic heterocycles. The van der Waals surface area contributed by atoms with Gasteiger partial charge in [0.2, 0.25) is 11.8 Å². The minimum atomic E-state index is -4.92. The number of carbonyl (C=O) groups is 2. The van der Waals surface area contributed by atoms with Crippen LogP contribution in [0.5, 0.6) is 0 Å². The number of unbranched alkanes of at least 4 members (excludes halogenated alkanes) is 4. The van der Waals surface area contributed by atoms with E-state index in [0.717, 1.165) is 76.4 Å². The molecule has 5 rings (SSSR count). The molecule has 2 amide bonds. The van der Waals surface area contributed by atoms with Gasteiger partial charge in [0.05, 0.1) is 16.6 Å². The Morgan fingerprint density at radius 3 is 2.38 bits per heavy atom. The number of nitrogens with zero attached hydrogens (tertiary/aromatic N) is 1. The summed E-state index contributed by atoms with van der Waals surface area (Å²) < 4.78 is 56.1. The summed E-state index contributed by atoms with van der Waals surface area (Å²) in [7, 11) is 0. The van der Waals surface area contributed by atoms with Gasteiger partial charge in [0.25, 0.3) is 0 Å². The van der Waals surface area contributed by atoms with Crippen molar-refractivity contribution in [1.29, 1.82) is 0 Å². The number of likely N-dealkylation sites (tertiary alicyclic amines) is 1. The van der Waals surface area contributed by atoms with E-state index >= 15 is 0 Å². The molecule has 1 saturated heterocycles. The lowest BCUT2D eigenvalue weighted by atomic mass is 10.00. The Morgan fingerprint density at radius 1 is 1.11 bits per heavy atom. The summed E-state index contributed by atoms with van der Waals surface area (Å²) in [5.74, 6) is -1.50. The van der Waals surface area contributed by atoms with Crippen molar-refractivity contribution < 1.29 is 31.9 Å². The lowest BCUT2D eigenvalue weighted by molar-refractivity contribution is -0.304. The number of rotatable bonds is 15. The fraction of sp³-hybridized carbons (Fsp3) is 0.657. The fourth-order valence-corrected chi connectivity index (χ4v) is 7.42. The van der Waals surface area contributed by atoms with Crippen LogP contribution in [0.2, 0.25) is 0 Å². The second-order valence-electron chi connectivity index (χ2n) is 14.0. The van der Waals surface area contributed by atoms with E-state index < -0.39 is 23.5 Å². The van der Waals surface area contributed by atoms with Crippen LogP contribution in [0.15, 0.2) is 61.2 Å². The standard InChI is InChI=1S/C26H41N3O2S.C9H9F4NO/c1-4-6-7-8-9-10-13-22(30)29-18-11-12-21(29)23(31)27-26(19-20(26)5-2)25(16-17-25)28-32-24(3)14-15-24;1-8(14)4-2-6(10)7(3-5-8)15-9(11,12)13/h4-5,20-21,28H,1-2,6-19H2,3H3,(H,27,31);2-5H,14H2,1H3. The third-order valence-electron chi connectivity index (χ3n) is 9.76. The van der Waals surface area contributed by atoms with E-state index in [2.05, 4.69) is 34.9 Å². The second-order valence-corrected chi connectivity index (χ2v) is 15.4. The van der Waals surface area contributed by atoms with Gasteiger partial charge in [-0.25, -0.2) is 4.39 Å². The van der Waals surface area contributed by atoms with Gasteiger partial charge in [0, 0.05) is 23.6 Å². The number of nitrogens with two attached hydrogens (primary N) is 1. The van der Waals surface area contributed by atoms with Crippen molar-refractivity contribution >= 4 is 23.8 Å². The molecular weight excluding hydrogens is 632 g/mol. The monoisotopic (exact) mass is 682 g/mol. The zero-order valence-electron chi connectivity index (χ0n) is 27.6. The molecule has 3 saturated carbocycles. The Kier molecular flexibility index (Phi) is 11.8. The average Bonchev–Trinajstić information content (AvgIpc) is 3.96. The highest BCUT2D eigenvalue weighted by atomic mass is 32.2. The van der Waals surface area contributed by atoms with Crippen molar-refractivity contribution in [1.82, 2.24) is 14.9 Å². The van der Waals surface area contributed by atoms with Gasteiger partial charge in [0.1, 0.15) is 6.04 Å². The molecular formula is C35H50F4N4O3S. The number of nitrogens with one attached hydrogen (secondary N) is 2. The van der Waals surface area contributed by atoms with E-state index in [1.165, 1.54) is 31.9 Å². The zero-order chi connectivity index (χ0) is 34.5. The van der Waals surface area contributed by atoms with Crippen LogP contribution in [0.1, 0.15) is 97.3 Å². The van der Waals surface area contributed by atoms with Crippen LogP contribution in [-0.2, 0) is 14.3 Å². The number of allylic oxidation sites excluding steroid dienone is 4. The Labute approximate surface area is 280 Å². The molecule has 4 aliphatic carbocycles. The number of alkyl halides is 3. The molecule has 0 aromatic carbocycles. The molecule has 4 fully saturated rings. The third kappa shape index (κ3) is 9.98. The summed E-state index contributed by atoms with van der Waals surface area (Å²) >= 11 is 1.87. The molecule has 4 unspecified atom stereocenters. The number of hydrogen-bond donors (Lipinski definition) is 3. The summed E-state index contributed by atoms with van der Waals surface area (Å²) in [6.45, 7) is 12.3. The van der Waals surface area contributed by atoms with Gasteiger partial charge in [-0.3, -0.25) is 14.3 Å². The highest BCUT2D eigenvalue weighted by Gasteiger charge is 2.72. The molecule has 5 aliphatic rings. The molecule has 0 radical (unpaired) electrons. The summed E-state index contributed by atoms with van der Waals surface area (Å²) in [6, 6.07) is -0.310. The molecule has 1 heterocycles. The normalized spacial score (nSPS) is 29.7. The summed E-state index contributed by atoms with van der Waals surface area (Å²) in [4.78, 5) is 28.2. The second kappa shape index (κ2) is 14.9. The van der Waals surface area contributed by atoms with Crippen molar-refractivity contribution in [3.8, 4) is 0 Å². The van der Waals surface area contributed by atoms with E-state index in [4.69, 9.17) is 5.73 Å². The summed E-state index contributed by atoms with van der Waals surface area (Å²) in [5, 5.41) is 3.46. The smallest absolute Gasteiger partial charge is 0.403 e. The van der Waals surface area contributed by atoms with Crippen molar-refractivity contribution in [2.24, 2.45) is 11.7 Å². The van der Waals surface area contributed by atoms with Crippen LogP contribution in [0.3, 0.4) is 0 Å². The minimum Gasteiger partial charge on any atom is -0.403 e. The largest absolute Gasteiger partial charge is 0.573 e. The topological polar surface area (TPSA) is 96.7 Å². The molecule has 4 atom stereocenters. The van der Waals surface area contributed by atoms with Gasteiger partial charge >= 0.3 is 6.36 Å². The zero-order valence-corrected chi connectivity index (χ0v) is 28.4. The Balaban J connectivity index is 0.000000280. The van der Waals surface area contributed by atoms with Crippen LogP contribution >= 0.6 is 11.9 Å². The van der Waals surface area contributed by atoms with E-state index in [9.17, 15) is 27.2 Å². The molecule has 1 aliphatic heterocycles. The van der Waals surface area contributed by atoms with E-state index in [-0.39, 0.29) is 28.9 Å². The van der Waals surface area contributed by atoms with Gasteiger partial charge in [-0.15, -0.1) is 26.3 Å². The maximum Gasteiger partial charge on any atom is 0.573 e. The quantitative estimate of drug-likeness (QED) is 0.0720. The maximum atomic E-state index is 13.4. The average molecular weight is 683 g/mol. The highest BCUT2D eigenvalue weighted by molar-refractivity contribution is 7.99. The predicted octanol–water partition coefficient (Wildman–Crippen LogP) is 7.44. The first-order valence-electron chi connectivity index (χ1n) is 16.7. The van der Waals surface area contributed by atoms with Crippen LogP contribution in [0, 0.1) is 5.92 Å². The first-order valence-corrected chi connectivity index (χ1v) is 17.5. The maximum absolute atomic E-state index is 13.4.